The zero-order valence-corrected chi connectivity index (χ0v) is 12.3. The molecule has 20 heavy (non-hydrogen) atoms. The third-order valence-corrected chi connectivity index (χ3v) is 2.74. The zero-order chi connectivity index (χ0) is 15.5. The molecule has 2 atom stereocenters. The first-order chi connectivity index (χ1) is 9.42. The van der Waals surface area contributed by atoms with Gasteiger partial charge in [-0.3, -0.25) is 0 Å². The summed E-state index contributed by atoms with van der Waals surface area (Å²) in [6.07, 6.45) is 2.11. The summed E-state index contributed by atoms with van der Waals surface area (Å²) in [6, 6.07) is 0. The van der Waals surface area contributed by atoms with E-state index in [4.69, 9.17) is 9.47 Å². The lowest BCUT2D eigenvalue weighted by atomic mass is 10.1. The Morgan fingerprint density at radius 3 is 2.55 bits per heavy atom. The molecule has 0 aliphatic carbocycles. The van der Waals surface area contributed by atoms with E-state index >= 15 is 0 Å². The van der Waals surface area contributed by atoms with E-state index in [1.807, 2.05) is 0 Å². The topological polar surface area (TPSA) is 72.8 Å². The lowest BCUT2D eigenvalue weighted by Crippen LogP contribution is -2.29. The maximum atomic E-state index is 11.6. The van der Waals surface area contributed by atoms with Gasteiger partial charge in [-0.2, -0.15) is 0 Å². The highest BCUT2D eigenvalue weighted by atomic mass is 16.6. The van der Waals surface area contributed by atoms with E-state index < -0.39 is 24.1 Å². The van der Waals surface area contributed by atoms with Gasteiger partial charge in [0.25, 0.3) is 0 Å². The largest absolute Gasteiger partial charge is 0.462 e. The molecule has 0 fully saturated rings. The van der Waals surface area contributed by atoms with Crippen LogP contribution in [0.3, 0.4) is 0 Å². The van der Waals surface area contributed by atoms with Gasteiger partial charge in [-0.25, -0.2) is 9.59 Å². The molecule has 0 aliphatic heterocycles. The summed E-state index contributed by atoms with van der Waals surface area (Å²) < 4.78 is 9.87. The molecule has 0 spiro atoms. The van der Waals surface area contributed by atoms with Gasteiger partial charge in [-0.05, 0) is 13.3 Å². The predicted molar refractivity (Wildman–Crippen MR) is 76.0 cm³/mol. The van der Waals surface area contributed by atoms with Crippen LogP contribution in [0.4, 0.5) is 0 Å². The highest BCUT2D eigenvalue weighted by Gasteiger charge is 2.21. The normalized spacial score (nSPS) is 13.2. The fourth-order valence-corrected chi connectivity index (χ4v) is 1.43. The van der Waals surface area contributed by atoms with Crippen LogP contribution >= 0.6 is 0 Å². The van der Waals surface area contributed by atoms with Crippen molar-refractivity contribution in [2.75, 3.05) is 6.61 Å². The Bertz CT molecular complexity index is 348. The van der Waals surface area contributed by atoms with Crippen molar-refractivity contribution in [3.05, 3.63) is 24.8 Å². The Balaban J connectivity index is 4.07. The molecule has 114 valence electrons. The number of carbonyl (C=O) groups is 2. The Morgan fingerprint density at radius 1 is 1.35 bits per heavy atom. The van der Waals surface area contributed by atoms with Crippen LogP contribution in [0.15, 0.2) is 24.8 Å². The summed E-state index contributed by atoms with van der Waals surface area (Å²) in [4.78, 5) is 22.6. The van der Waals surface area contributed by atoms with Gasteiger partial charge in [-0.15, -0.1) is 0 Å². The van der Waals surface area contributed by atoms with Crippen molar-refractivity contribution in [1.29, 1.82) is 0 Å². The second kappa shape index (κ2) is 10.2. The van der Waals surface area contributed by atoms with Gasteiger partial charge >= 0.3 is 11.9 Å². The first kappa shape index (κ1) is 18.4. The smallest absolute Gasteiger partial charge is 0.333 e. The average molecular weight is 284 g/mol. The van der Waals surface area contributed by atoms with Crippen molar-refractivity contribution in [2.24, 2.45) is 0 Å². The lowest BCUT2D eigenvalue weighted by Gasteiger charge is -2.19. The number of aliphatic hydroxyl groups excluding tert-OH is 1. The second-order valence-electron chi connectivity index (χ2n) is 4.56. The molecular weight excluding hydrogens is 260 g/mol. The predicted octanol–water partition coefficient (Wildman–Crippen LogP) is 2.14. The summed E-state index contributed by atoms with van der Waals surface area (Å²) in [7, 11) is 0. The van der Waals surface area contributed by atoms with Crippen LogP contribution in [-0.2, 0) is 19.1 Å². The minimum atomic E-state index is -1.01. The summed E-state index contributed by atoms with van der Waals surface area (Å²) in [6.45, 7) is 10.8. The van der Waals surface area contributed by atoms with Crippen molar-refractivity contribution in [2.45, 2.75) is 51.7 Å². The quantitative estimate of drug-likeness (QED) is 0.378. The molecule has 2 unspecified atom stereocenters. The number of carbonyl (C=O) groups excluding carboxylic acids is 2. The van der Waals surface area contributed by atoms with Gasteiger partial charge in [0.1, 0.15) is 6.10 Å². The fraction of sp³-hybridized carbons (Fsp3) is 0.600. The number of ether oxygens (including phenoxy) is 2. The monoisotopic (exact) mass is 284 g/mol. The molecule has 5 nitrogen and oxygen atoms in total. The summed E-state index contributed by atoms with van der Waals surface area (Å²) >= 11 is 0. The summed E-state index contributed by atoms with van der Waals surface area (Å²) in [5.74, 6) is -1.15. The van der Waals surface area contributed by atoms with Gasteiger partial charge in [0.15, 0.2) is 0 Å². The van der Waals surface area contributed by atoms with Crippen LogP contribution in [0.25, 0.3) is 0 Å². The van der Waals surface area contributed by atoms with E-state index in [9.17, 15) is 14.7 Å². The molecule has 0 aliphatic rings. The molecule has 0 aromatic heterocycles. The highest BCUT2D eigenvalue weighted by Crippen LogP contribution is 2.11. The fourth-order valence-electron chi connectivity index (χ4n) is 1.43. The molecule has 0 saturated heterocycles. The number of hydrogen-bond acceptors (Lipinski definition) is 5. The molecular formula is C15H24O5. The standard InChI is InChI=1S/C15H24O5/c1-5-7-8-9-19-15(18)11(3)10-13(16)12(4)20-14(17)6-2/h6,12-13,16H,2-3,5,7-10H2,1,4H3. The van der Waals surface area contributed by atoms with Crippen molar-refractivity contribution in [3.8, 4) is 0 Å². The van der Waals surface area contributed by atoms with Crippen LogP contribution < -0.4 is 0 Å². The first-order valence-corrected chi connectivity index (χ1v) is 6.78. The molecule has 0 aromatic rings. The van der Waals surface area contributed by atoms with Crippen molar-refractivity contribution < 1.29 is 24.2 Å². The van der Waals surface area contributed by atoms with E-state index in [0.29, 0.717) is 6.61 Å². The highest BCUT2D eigenvalue weighted by molar-refractivity contribution is 5.87. The Labute approximate surface area is 120 Å². The minimum absolute atomic E-state index is 0.00179. The average Bonchev–Trinajstić information content (AvgIpc) is 2.42. The Hall–Kier alpha value is -1.62. The van der Waals surface area contributed by atoms with Gasteiger partial charge in [0.2, 0.25) is 0 Å². The van der Waals surface area contributed by atoms with E-state index in [1.54, 1.807) is 0 Å². The van der Waals surface area contributed by atoms with Gasteiger partial charge < -0.3 is 14.6 Å². The van der Waals surface area contributed by atoms with Crippen LogP contribution in [0.1, 0.15) is 39.5 Å². The Morgan fingerprint density at radius 2 is 2.00 bits per heavy atom. The summed E-state index contributed by atoms with van der Waals surface area (Å²) in [5, 5.41) is 9.81. The van der Waals surface area contributed by atoms with Crippen LogP contribution in [0.2, 0.25) is 0 Å². The number of rotatable bonds is 10. The van der Waals surface area contributed by atoms with Crippen LogP contribution in [0.5, 0.6) is 0 Å². The molecule has 0 rings (SSSR count). The molecule has 0 heterocycles. The van der Waals surface area contributed by atoms with E-state index in [-0.39, 0.29) is 12.0 Å². The summed E-state index contributed by atoms with van der Waals surface area (Å²) in [5.41, 5.74) is 0.163. The van der Waals surface area contributed by atoms with Crippen molar-refractivity contribution in [3.63, 3.8) is 0 Å². The van der Waals surface area contributed by atoms with Gasteiger partial charge in [-0.1, -0.05) is 32.9 Å². The third kappa shape index (κ3) is 7.74. The van der Waals surface area contributed by atoms with Crippen LogP contribution in [0, 0.1) is 0 Å². The molecule has 0 amide bonds. The van der Waals surface area contributed by atoms with E-state index in [0.717, 1.165) is 25.3 Å². The molecule has 1 N–H and O–H groups in total. The number of esters is 2. The second-order valence-corrected chi connectivity index (χ2v) is 4.56. The maximum Gasteiger partial charge on any atom is 0.333 e. The molecule has 5 heteroatoms. The minimum Gasteiger partial charge on any atom is -0.462 e. The van der Waals surface area contributed by atoms with Crippen LogP contribution in [-0.4, -0.2) is 35.9 Å². The van der Waals surface area contributed by atoms with Crippen molar-refractivity contribution in [1.82, 2.24) is 0 Å². The number of aliphatic hydroxyl groups is 1. The molecule has 0 bridgehead atoms. The lowest BCUT2D eigenvalue weighted by molar-refractivity contribution is -0.147. The molecule has 0 radical (unpaired) electrons. The molecule has 0 aromatic carbocycles. The van der Waals surface area contributed by atoms with Crippen molar-refractivity contribution >= 4 is 11.9 Å². The number of unbranched alkanes of at least 4 members (excludes halogenated alkanes) is 2. The Kier molecular flexibility index (Phi) is 9.38. The van der Waals surface area contributed by atoms with Gasteiger partial charge in [0, 0.05) is 18.1 Å². The SMILES string of the molecule is C=CC(=O)OC(C)C(O)CC(=C)C(=O)OCCCCC. The zero-order valence-electron chi connectivity index (χ0n) is 12.3. The molecule has 0 saturated carbocycles. The number of hydrogen-bond donors (Lipinski definition) is 1. The maximum absolute atomic E-state index is 11.6. The first-order valence-electron chi connectivity index (χ1n) is 6.78. The van der Waals surface area contributed by atoms with Gasteiger partial charge in [0.05, 0.1) is 12.7 Å². The van der Waals surface area contributed by atoms with E-state index in [1.165, 1.54) is 6.92 Å². The van der Waals surface area contributed by atoms with E-state index in [2.05, 4.69) is 20.1 Å². The third-order valence-electron chi connectivity index (χ3n) is 2.74.